The van der Waals surface area contributed by atoms with Crippen LogP contribution in [0.15, 0.2) is 48.5 Å². The van der Waals surface area contributed by atoms with E-state index in [1.807, 2.05) is 26.0 Å². The van der Waals surface area contributed by atoms with Crippen molar-refractivity contribution in [3.63, 3.8) is 0 Å². The number of fused-ring (bicyclic) bond motifs is 3. The van der Waals surface area contributed by atoms with Gasteiger partial charge in [-0.05, 0) is 49.8 Å². The van der Waals surface area contributed by atoms with Crippen molar-refractivity contribution in [2.45, 2.75) is 6.42 Å². The molecule has 88 valence electrons. The molecule has 1 nitrogen and oxygen atoms in total. The second-order valence-corrected chi connectivity index (χ2v) is 4.83. The molecule has 0 amide bonds. The first-order chi connectivity index (χ1) is 8.18. The third-order valence-electron chi connectivity index (χ3n) is 2.71. The van der Waals surface area contributed by atoms with Crippen LogP contribution >= 0.6 is 0 Å². The van der Waals surface area contributed by atoms with Gasteiger partial charge in [0.2, 0.25) is 0 Å². The van der Waals surface area contributed by atoms with Crippen molar-refractivity contribution in [2.75, 3.05) is 21.1 Å². The van der Waals surface area contributed by atoms with Crippen molar-refractivity contribution in [3.8, 4) is 11.1 Å². The van der Waals surface area contributed by atoms with Gasteiger partial charge in [-0.3, -0.25) is 0 Å². The average molecular weight is 225 g/mol. The molecule has 0 N–H and O–H groups in total. The van der Waals surface area contributed by atoms with Crippen LogP contribution in [0.5, 0.6) is 0 Å². The highest BCUT2D eigenvalue weighted by molar-refractivity contribution is 5.76. The number of nitrogens with zero attached hydrogens (tertiary/aromatic N) is 1. The summed E-state index contributed by atoms with van der Waals surface area (Å²) in [5.41, 5.74) is 5.75. The Balaban J connectivity index is 0.000000239. The summed E-state index contributed by atoms with van der Waals surface area (Å²) < 4.78 is 0. The van der Waals surface area contributed by atoms with Gasteiger partial charge in [-0.1, -0.05) is 48.5 Å². The van der Waals surface area contributed by atoms with Crippen LogP contribution in [0.25, 0.3) is 11.1 Å². The van der Waals surface area contributed by atoms with E-state index in [0.29, 0.717) is 0 Å². The van der Waals surface area contributed by atoms with Crippen LogP contribution < -0.4 is 0 Å². The SMILES string of the molecule is CN(C)C.c1ccc2c(c1)Cc1ccccc1-2. The lowest BCUT2D eigenvalue weighted by Crippen LogP contribution is -1.99. The Morgan fingerprint density at radius 1 is 0.706 bits per heavy atom. The molecule has 0 unspecified atom stereocenters. The predicted molar refractivity (Wildman–Crippen MR) is 74.3 cm³/mol. The van der Waals surface area contributed by atoms with Crippen LogP contribution in [0.2, 0.25) is 0 Å². The van der Waals surface area contributed by atoms with Gasteiger partial charge in [0, 0.05) is 0 Å². The summed E-state index contributed by atoms with van der Waals surface area (Å²) in [7, 11) is 6.00. The minimum absolute atomic E-state index is 1.10. The van der Waals surface area contributed by atoms with Crippen molar-refractivity contribution >= 4 is 0 Å². The Kier molecular flexibility index (Phi) is 3.60. The fourth-order valence-electron chi connectivity index (χ4n) is 2.08. The molecule has 3 rings (SSSR count). The molecule has 0 heterocycles. The average Bonchev–Trinajstić information content (AvgIpc) is 2.66. The van der Waals surface area contributed by atoms with E-state index >= 15 is 0 Å². The van der Waals surface area contributed by atoms with Gasteiger partial charge in [-0.2, -0.15) is 0 Å². The van der Waals surface area contributed by atoms with E-state index in [-0.39, 0.29) is 0 Å². The molecule has 2 aromatic carbocycles. The maximum atomic E-state index is 2.22. The van der Waals surface area contributed by atoms with Gasteiger partial charge < -0.3 is 4.90 Å². The molecule has 2 aromatic rings. The van der Waals surface area contributed by atoms with Crippen LogP contribution in [-0.2, 0) is 6.42 Å². The molecule has 0 aliphatic heterocycles. The topological polar surface area (TPSA) is 3.24 Å². The molecule has 0 saturated carbocycles. The summed E-state index contributed by atoms with van der Waals surface area (Å²) in [5.74, 6) is 0. The molecule has 0 spiro atoms. The molecule has 0 saturated heterocycles. The minimum atomic E-state index is 1.10. The fraction of sp³-hybridized carbons (Fsp3) is 0.250. The lowest BCUT2D eigenvalue weighted by molar-refractivity contribution is 0.505. The van der Waals surface area contributed by atoms with E-state index in [1.54, 1.807) is 0 Å². The molecule has 0 aromatic heterocycles. The fourth-order valence-corrected chi connectivity index (χ4v) is 2.08. The Hall–Kier alpha value is -1.60. The van der Waals surface area contributed by atoms with Crippen molar-refractivity contribution in [1.82, 2.24) is 4.90 Å². The zero-order chi connectivity index (χ0) is 12.3. The van der Waals surface area contributed by atoms with E-state index in [0.717, 1.165) is 6.42 Å². The standard InChI is InChI=1S/C13H10.C3H9N/c1-3-7-12-10(5-1)9-11-6-2-4-8-13(11)12;1-4(2)3/h1-8H,9H2;1-3H3. The maximum absolute atomic E-state index is 2.22. The second kappa shape index (κ2) is 5.15. The Morgan fingerprint density at radius 2 is 1.06 bits per heavy atom. The summed E-state index contributed by atoms with van der Waals surface area (Å²) in [6.07, 6.45) is 1.10. The van der Waals surface area contributed by atoms with E-state index in [2.05, 4.69) is 48.5 Å². The number of benzene rings is 2. The molecular weight excluding hydrogens is 206 g/mol. The van der Waals surface area contributed by atoms with Crippen LogP contribution in [0, 0.1) is 0 Å². The van der Waals surface area contributed by atoms with Gasteiger partial charge in [0.05, 0.1) is 0 Å². The molecule has 1 aliphatic carbocycles. The van der Waals surface area contributed by atoms with E-state index in [9.17, 15) is 0 Å². The number of rotatable bonds is 0. The van der Waals surface area contributed by atoms with Crippen LogP contribution in [0.3, 0.4) is 0 Å². The molecule has 0 atom stereocenters. The van der Waals surface area contributed by atoms with Gasteiger partial charge in [0.25, 0.3) is 0 Å². The smallest absolute Gasteiger partial charge is 0.00135 e. The molecule has 0 fully saturated rings. The summed E-state index contributed by atoms with van der Waals surface area (Å²) in [6.45, 7) is 0. The summed E-state index contributed by atoms with van der Waals surface area (Å²) in [6, 6.07) is 17.3. The summed E-state index contributed by atoms with van der Waals surface area (Å²) in [4.78, 5) is 2.00. The van der Waals surface area contributed by atoms with E-state index < -0.39 is 0 Å². The van der Waals surface area contributed by atoms with E-state index in [4.69, 9.17) is 0 Å². The monoisotopic (exact) mass is 225 g/mol. The first-order valence-electron chi connectivity index (χ1n) is 5.95. The van der Waals surface area contributed by atoms with Gasteiger partial charge in [0.1, 0.15) is 0 Å². The second-order valence-electron chi connectivity index (χ2n) is 4.83. The van der Waals surface area contributed by atoms with Crippen molar-refractivity contribution < 1.29 is 0 Å². The first kappa shape index (κ1) is 11.9. The third-order valence-corrected chi connectivity index (χ3v) is 2.71. The number of hydrogen-bond acceptors (Lipinski definition) is 1. The quantitative estimate of drug-likeness (QED) is 0.566. The lowest BCUT2D eigenvalue weighted by atomic mass is 10.1. The maximum Gasteiger partial charge on any atom is -0.00135 e. The van der Waals surface area contributed by atoms with Gasteiger partial charge in [-0.25, -0.2) is 0 Å². The van der Waals surface area contributed by atoms with Gasteiger partial charge >= 0.3 is 0 Å². The molecule has 17 heavy (non-hydrogen) atoms. The predicted octanol–water partition coefficient (Wildman–Crippen LogP) is 3.44. The molecular formula is C16H19N. The summed E-state index contributed by atoms with van der Waals surface area (Å²) >= 11 is 0. The zero-order valence-electron chi connectivity index (χ0n) is 10.8. The molecule has 1 heteroatoms. The van der Waals surface area contributed by atoms with Gasteiger partial charge in [0.15, 0.2) is 0 Å². The highest BCUT2D eigenvalue weighted by Crippen LogP contribution is 2.35. The molecule has 0 bridgehead atoms. The van der Waals surface area contributed by atoms with Crippen LogP contribution in [-0.4, -0.2) is 26.0 Å². The van der Waals surface area contributed by atoms with Crippen LogP contribution in [0.1, 0.15) is 11.1 Å². The van der Waals surface area contributed by atoms with E-state index in [1.165, 1.54) is 22.3 Å². The highest BCUT2D eigenvalue weighted by Gasteiger charge is 2.15. The largest absolute Gasteiger partial charge is 0.312 e. The Labute approximate surface area is 104 Å². The van der Waals surface area contributed by atoms with Crippen molar-refractivity contribution in [1.29, 1.82) is 0 Å². The van der Waals surface area contributed by atoms with Crippen molar-refractivity contribution in [2.24, 2.45) is 0 Å². The third kappa shape index (κ3) is 2.75. The lowest BCUT2D eigenvalue weighted by Gasteiger charge is -1.98. The van der Waals surface area contributed by atoms with Crippen molar-refractivity contribution in [3.05, 3.63) is 59.7 Å². The zero-order valence-corrected chi connectivity index (χ0v) is 10.8. The Morgan fingerprint density at radius 3 is 1.47 bits per heavy atom. The first-order valence-corrected chi connectivity index (χ1v) is 5.95. The molecule has 1 aliphatic rings. The molecule has 0 radical (unpaired) electrons. The Bertz CT molecular complexity index is 454. The van der Waals surface area contributed by atoms with Gasteiger partial charge in [-0.15, -0.1) is 0 Å². The van der Waals surface area contributed by atoms with Crippen LogP contribution in [0.4, 0.5) is 0 Å². The minimum Gasteiger partial charge on any atom is -0.312 e. The number of hydrogen-bond donors (Lipinski definition) is 0. The summed E-state index contributed by atoms with van der Waals surface area (Å²) in [5, 5.41) is 0. The normalized spacial score (nSPS) is 11.5. The highest BCUT2D eigenvalue weighted by atomic mass is 15.0.